The van der Waals surface area contributed by atoms with Gasteiger partial charge in [-0.1, -0.05) is 0 Å². The van der Waals surface area contributed by atoms with E-state index in [0.29, 0.717) is 0 Å². The molecule has 19 heavy (non-hydrogen) atoms. The van der Waals surface area contributed by atoms with Crippen molar-refractivity contribution in [2.24, 2.45) is 0 Å². The Kier molecular flexibility index (Phi) is 3.59. The summed E-state index contributed by atoms with van der Waals surface area (Å²) in [5.74, 6) is -3.03. The molecule has 1 aromatic carbocycles. The van der Waals surface area contributed by atoms with Gasteiger partial charge in [0.15, 0.2) is 5.69 Å². The third-order valence-electron chi connectivity index (χ3n) is 2.48. The van der Waals surface area contributed by atoms with Gasteiger partial charge in [0.1, 0.15) is 16.6 Å². The molecule has 4 nitrogen and oxygen atoms in total. The molecule has 0 bridgehead atoms. The van der Waals surface area contributed by atoms with Gasteiger partial charge in [-0.2, -0.15) is 0 Å². The molecule has 0 radical (unpaired) electrons. The van der Waals surface area contributed by atoms with Crippen molar-refractivity contribution in [3.05, 3.63) is 40.4 Å². The lowest BCUT2D eigenvalue weighted by atomic mass is 10.1. The van der Waals surface area contributed by atoms with E-state index >= 15 is 0 Å². The quantitative estimate of drug-likeness (QED) is 0.909. The molecule has 2 N–H and O–H groups in total. The minimum absolute atomic E-state index is 0.0513. The van der Waals surface area contributed by atoms with E-state index in [2.05, 4.69) is 4.98 Å². The van der Waals surface area contributed by atoms with Crippen molar-refractivity contribution in [2.45, 2.75) is 13.0 Å². The first kappa shape index (κ1) is 13.6. The molecule has 0 aliphatic heterocycles. The Balaban J connectivity index is 2.52. The van der Waals surface area contributed by atoms with Crippen LogP contribution in [0.25, 0.3) is 10.6 Å². The molecule has 2 rings (SSSR count). The number of carboxylic acid groups (broad SMARTS) is 1. The third kappa shape index (κ3) is 2.61. The molecule has 0 aliphatic carbocycles. The Labute approximate surface area is 111 Å². The zero-order valence-corrected chi connectivity index (χ0v) is 10.5. The van der Waals surface area contributed by atoms with Crippen LogP contribution >= 0.6 is 11.3 Å². The number of hydrogen-bond acceptors (Lipinski definition) is 4. The van der Waals surface area contributed by atoms with E-state index in [1.54, 1.807) is 0 Å². The number of carboxylic acids is 1. The topological polar surface area (TPSA) is 70.4 Å². The standard InChI is InChI=1S/C12H9F2NO3S/c1-5(16)6-2-7(13)10(8(14)3-6)11-15-9(4-19-11)12(17)18/h2-5,16H,1H3,(H,17,18)/t5-/m1/s1. The van der Waals surface area contributed by atoms with Gasteiger partial charge in [0.25, 0.3) is 0 Å². The SMILES string of the molecule is C[C@@H](O)c1cc(F)c(-c2nc(C(=O)O)cs2)c(F)c1. The summed E-state index contributed by atoms with van der Waals surface area (Å²) in [5.41, 5.74) is -0.547. The van der Waals surface area contributed by atoms with Gasteiger partial charge in [-0.15, -0.1) is 11.3 Å². The predicted molar refractivity (Wildman–Crippen MR) is 65.1 cm³/mol. The number of aromatic carboxylic acids is 1. The molecule has 0 fully saturated rings. The second-order valence-corrected chi connectivity index (χ2v) is 4.74. The summed E-state index contributed by atoms with van der Waals surface area (Å²) in [6.45, 7) is 1.39. The van der Waals surface area contributed by atoms with Crippen molar-refractivity contribution in [1.29, 1.82) is 0 Å². The number of nitrogens with zero attached hydrogens (tertiary/aromatic N) is 1. The van der Waals surface area contributed by atoms with E-state index in [4.69, 9.17) is 5.11 Å². The molecule has 0 saturated carbocycles. The molecule has 0 unspecified atom stereocenters. The van der Waals surface area contributed by atoms with E-state index in [0.717, 1.165) is 23.5 Å². The summed E-state index contributed by atoms with van der Waals surface area (Å²) in [6, 6.07) is 2.01. The summed E-state index contributed by atoms with van der Waals surface area (Å²) < 4.78 is 27.7. The lowest BCUT2D eigenvalue weighted by Crippen LogP contribution is -1.99. The molecule has 1 heterocycles. The Hall–Kier alpha value is -1.86. The number of benzene rings is 1. The Morgan fingerprint density at radius 3 is 2.37 bits per heavy atom. The van der Waals surface area contributed by atoms with E-state index in [1.165, 1.54) is 12.3 Å². The van der Waals surface area contributed by atoms with Crippen molar-refractivity contribution in [3.63, 3.8) is 0 Å². The first-order chi connectivity index (χ1) is 8.90. The highest BCUT2D eigenvalue weighted by Gasteiger charge is 2.19. The zero-order valence-electron chi connectivity index (χ0n) is 9.72. The second-order valence-electron chi connectivity index (χ2n) is 3.88. The fraction of sp³-hybridized carbons (Fsp3) is 0.167. The fourth-order valence-electron chi connectivity index (χ4n) is 1.53. The van der Waals surface area contributed by atoms with Crippen LogP contribution in [0.5, 0.6) is 0 Å². The average molecular weight is 285 g/mol. The van der Waals surface area contributed by atoms with E-state index in [1.807, 2.05) is 0 Å². The van der Waals surface area contributed by atoms with E-state index in [9.17, 15) is 18.7 Å². The van der Waals surface area contributed by atoms with Crippen LogP contribution in [0.15, 0.2) is 17.5 Å². The summed E-state index contributed by atoms with van der Waals surface area (Å²) in [6.07, 6.45) is -0.996. The average Bonchev–Trinajstić information content (AvgIpc) is 2.77. The lowest BCUT2D eigenvalue weighted by molar-refractivity contribution is 0.0691. The number of thiazole rings is 1. The van der Waals surface area contributed by atoms with Crippen molar-refractivity contribution < 1.29 is 23.8 Å². The highest BCUT2D eigenvalue weighted by atomic mass is 32.1. The van der Waals surface area contributed by atoms with E-state index < -0.39 is 23.7 Å². The summed E-state index contributed by atoms with van der Waals surface area (Å²) in [7, 11) is 0. The van der Waals surface area contributed by atoms with Crippen LogP contribution in [0.2, 0.25) is 0 Å². The fourth-order valence-corrected chi connectivity index (χ4v) is 2.37. The van der Waals surface area contributed by atoms with Crippen LogP contribution in [0.1, 0.15) is 29.1 Å². The maximum atomic E-state index is 13.8. The van der Waals surface area contributed by atoms with Gasteiger partial charge in [0, 0.05) is 5.38 Å². The molecule has 2 aromatic rings. The third-order valence-corrected chi connectivity index (χ3v) is 3.34. The normalized spacial score (nSPS) is 12.4. The highest BCUT2D eigenvalue weighted by Crippen LogP contribution is 2.31. The smallest absolute Gasteiger partial charge is 0.355 e. The number of carbonyl (C=O) groups is 1. The van der Waals surface area contributed by atoms with Crippen molar-refractivity contribution >= 4 is 17.3 Å². The Bertz CT molecular complexity index is 617. The van der Waals surface area contributed by atoms with Gasteiger partial charge in [0.2, 0.25) is 0 Å². The van der Waals surface area contributed by atoms with Crippen LogP contribution in [0, 0.1) is 11.6 Å². The van der Waals surface area contributed by atoms with Crippen LogP contribution < -0.4 is 0 Å². The predicted octanol–water partition coefficient (Wildman–Crippen LogP) is 2.84. The molecule has 1 aromatic heterocycles. The van der Waals surface area contributed by atoms with Crippen LogP contribution in [-0.2, 0) is 0 Å². The zero-order chi connectivity index (χ0) is 14.2. The molecule has 0 spiro atoms. The summed E-state index contributed by atoms with van der Waals surface area (Å²) >= 11 is 0.839. The van der Waals surface area contributed by atoms with Crippen LogP contribution in [0.4, 0.5) is 8.78 Å². The number of rotatable bonds is 3. The molecule has 1 atom stereocenters. The molecule has 7 heteroatoms. The first-order valence-corrected chi connectivity index (χ1v) is 6.14. The summed E-state index contributed by atoms with van der Waals surface area (Å²) in [4.78, 5) is 14.3. The molecular formula is C12H9F2NO3S. The number of aromatic nitrogens is 1. The second kappa shape index (κ2) is 5.02. The van der Waals surface area contributed by atoms with Crippen molar-refractivity contribution in [3.8, 4) is 10.6 Å². The highest BCUT2D eigenvalue weighted by molar-refractivity contribution is 7.13. The Morgan fingerprint density at radius 1 is 1.37 bits per heavy atom. The minimum atomic E-state index is -1.26. The molecule has 0 saturated heterocycles. The van der Waals surface area contributed by atoms with Crippen molar-refractivity contribution in [1.82, 2.24) is 4.98 Å². The number of halogens is 2. The maximum absolute atomic E-state index is 13.8. The Morgan fingerprint density at radius 2 is 1.95 bits per heavy atom. The minimum Gasteiger partial charge on any atom is -0.476 e. The van der Waals surface area contributed by atoms with E-state index in [-0.39, 0.29) is 21.8 Å². The maximum Gasteiger partial charge on any atom is 0.355 e. The van der Waals surface area contributed by atoms with Crippen LogP contribution in [-0.4, -0.2) is 21.2 Å². The first-order valence-electron chi connectivity index (χ1n) is 5.26. The lowest BCUT2D eigenvalue weighted by Gasteiger charge is -2.08. The van der Waals surface area contributed by atoms with Gasteiger partial charge < -0.3 is 10.2 Å². The van der Waals surface area contributed by atoms with Crippen LogP contribution in [0.3, 0.4) is 0 Å². The molecule has 0 amide bonds. The van der Waals surface area contributed by atoms with Gasteiger partial charge in [-0.05, 0) is 24.6 Å². The van der Waals surface area contributed by atoms with Crippen molar-refractivity contribution in [2.75, 3.05) is 0 Å². The number of aliphatic hydroxyl groups is 1. The molecule has 100 valence electrons. The summed E-state index contributed by atoms with van der Waals surface area (Å²) in [5, 5.41) is 19.2. The number of hydrogen-bond donors (Lipinski definition) is 2. The monoisotopic (exact) mass is 285 g/mol. The number of aliphatic hydroxyl groups excluding tert-OH is 1. The molecular weight excluding hydrogens is 276 g/mol. The largest absolute Gasteiger partial charge is 0.476 e. The van der Waals surface area contributed by atoms with Gasteiger partial charge in [0.05, 0.1) is 11.7 Å². The van der Waals surface area contributed by atoms with Gasteiger partial charge >= 0.3 is 5.97 Å². The van der Waals surface area contributed by atoms with Gasteiger partial charge in [-0.3, -0.25) is 0 Å². The van der Waals surface area contributed by atoms with Gasteiger partial charge in [-0.25, -0.2) is 18.6 Å². The molecule has 0 aliphatic rings.